The molecular formula is C20H26N4O3. The topological polar surface area (TPSA) is 90.5 Å². The average molecular weight is 370 g/mol. The van der Waals surface area contributed by atoms with Crippen molar-refractivity contribution in [2.75, 3.05) is 25.0 Å². The number of amides is 1. The van der Waals surface area contributed by atoms with Gasteiger partial charge in [-0.25, -0.2) is 0 Å². The van der Waals surface area contributed by atoms with Gasteiger partial charge in [0, 0.05) is 31.8 Å². The fourth-order valence-corrected chi connectivity index (χ4v) is 4.35. The largest absolute Gasteiger partial charge is 0.365 e. The lowest BCUT2D eigenvalue weighted by Gasteiger charge is -2.43. The zero-order valence-corrected chi connectivity index (χ0v) is 16.1. The second-order valence-corrected chi connectivity index (χ2v) is 8.17. The molecule has 0 N–H and O–H groups in total. The number of nitro groups is 1. The maximum atomic E-state index is 12.8. The molecule has 1 aliphatic heterocycles. The van der Waals surface area contributed by atoms with Crippen LogP contribution in [-0.2, 0) is 0 Å². The molecular weight excluding hydrogens is 344 g/mol. The lowest BCUT2D eigenvalue weighted by atomic mass is 9.76. The Hall–Kier alpha value is -2.62. The minimum Gasteiger partial charge on any atom is -0.365 e. The van der Waals surface area contributed by atoms with E-state index in [1.165, 1.54) is 11.0 Å². The van der Waals surface area contributed by atoms with Crippen molar-refractivity contribution in [2.24, 2.45) is 11.8 Å². The first kappa shape index (κ1) is 19.2. The minimum absolute atomic E-state index is 0.0461. The summed E-state index contributed by atoms with van der Waals surface area (Å²) in [4.78, 5) is 27.6. The summed E-state index contributed by atoms with van der Waals surface area (Å²) >= 11 is 0. The summed E-state index contributed by atoms with van der Waals surface area (Å²) in [6, 6.07) is 6.93. The number of piperidine rings is 1. The van der Waals surface area contributed by atoms with Gasteiger partial charge in [-0.1, -0.05) is 13.8 Å². The molecule has 2 fully saturated rings. The van der Waals surface area contributed by atoms with E-state index in [-0.39, 0.29) is 17.2 Å². The lowest BCUT2D eigenvalue weighted by molar-refractivity contribution is -0.384. The molecule has 1 amide bonds. The Morgan fingerprint density at radius 1 is 1.33 bits per heavy atom. The average Bonchev–Trinajstić information content (AvgIpc) is 2.59. The molecule has 2 atom stereocenters. The maximum Gasteiger partial charge on any atom is 0.293 e. The highest BCUT2D eigenvalue weighted by molar-refractivity contribution is 5.96. The summed E-state index contributed by atoms with van der Waals surface area (Å²) in [7, 11) is 1.61. The Morgan fingerprint density at radius 3 is 2.44 bits per heavy atom. The first-order valence-corrected chi connectivity index (χ1v) is 9.50. The third-order valence-corrected chi connectivity index (χ3v) is 5.96. The van der Waals surface area contributed by atoms with Crippen LogP contribution < -0.4 is 4.90 Å². The van der Waals surface area contributed by atoms with Gasteiger partial charge in [0.1, 0.15) is 11.2 Å². The normalized spacial score (nSPS) is 23.9. The van der Waals surface area contributed by atoms with E-state index < -0.39 is 10.5 Å². The van der Waals surface area contributed by atoms with Crippen LogP contribution in [0.5, 0.6) is 0 Å². The number of nitrogens with zero attached hydrogens (tertiary/aromatic N) is 4. The molecule has 0 spiro atoms. The Balaban J connectivity index is 1.91. The van der Waals surface area contributed by atoms with Crippen molar-refractivity contribution in [1.29, 1.82) is 5.26 Å². The number of nitriles is 1. The highest BCUT2D eigenvalue weighted by atomic mass is 16.6. The smallest absolute Gasteiger partial charge is 0.293 e. The first-order valence-electron chi connectivity index (χ1n) is 9.50. The maximum absolute atomic E-state index is 12.8. The van der Waals surface area contributed by atoms with Crippen molar-refractivity contribution in [3.63, 3.8) is 0 Å². The molecule has 7 heteroatoms. The Labute approximate surface area is 159 Å². The molecule has 0 bridgehead atoms. The van der Waals surface area contributed by atoms with Crippen molar-refractivity contribution in [3.05, 3.63) is 33.9 Å². The van der Waals surface area contributed by atoms with Crippen LogP contribution in [0, 0.1) is 33.3 Å². The summed E-state index contributed by atoms with van der Waals surface area (Å²) in [5, 5.41) is 21.1. The van der Waals surface area contributed by atoms with E-state index in [0.717, 1.165) is 25.9 Å². The van der Waals surface area contributed by atoms with Crippen molar-refractivity contribution in [3.8, 4) is 6.07 Å². The van der Waals surface area contributed by atoms with Crippen LogP contribution in [0.25, 0.3) is 0 Å². The minimum atomic E-state index is -0.776. The molecule has 144 valence electrons. The number of hydrogen-bond donors (Lipinski definition) is 0. The summed E-state index contributed by atoms with van der Waals surface area (Å²) in [5.41, 5.74) is 0.00132. The molecule has 1 heterocycles. The molecule has 2 unspecified atom stereocenters. The van der Waals surface area contributed by atoms with Crippen LogP contribution in [0.4, 0.5) is 11.4 Å². The monoisotopic (exact) mass is 370 g/mol. The lowest BCUT2D eigenvalue weighted by Crippen LogP contribution is -2.53. The van der Waals surface area contributed by atoms with E-state index in [2.05, 4.69) is 24.8 Å². The van der Waals surface area contributed by atoms with Gasteiger partial charge in [0.25, 0.3) is 11.6 Å². The summed E-state index contributed by atoms with van der Waals surface area (Å²) in [5.74, 6) is 0.594. The SMILES string of the molecule is CC1CC(C)CN(c2ccc(C(=O)N(C)C3(C#N)CCC3)cc2[N+](=O)[O-])C1. The third kappa shape index (κ3) is 3.48. The number of nitro benzene ring substituents is 1. The molecule has 27 heavy (non-hydrogen) atoms. The van der Waals surface area contributed by atoms with Crippen molar-refractivity contribution < 1.29 is 9.72 Å². The fraction of sp³-hybridized carbons (Fsp3) is 0.600. The number of rotatable bonds is 4. The highest BCUT2D eigenvalue weighted by Gasteiger charge is 2.44. The number of hydrogen-bond acceptors (Lipinski definition) is 5. The number of carbonyl (C=O) groups excluding carboxylic acids is 1. The standard InChI is InChI=1S/C20H26N4O3/c1-14-9-15(2)12-23(11-14)17-6-5-16(10-18(17)24(26)27)19(25)22(3)20(13-21)7-4-8-20/h5-6,10,14-15H,4,7-9,11-12H2,1-3H3. The van der Waals surface area contributed by atoms with Crippen molar-refractivity contribution in [2.45, 2.75) is 45.1 Å². The van der Waals surface area contributed by atoms with Crippen LogP contribution in [0.15, 0.2) is 18.2 Å². The fourth-order valence-electron chi connectivity index (χ4n) is 4.35. The number of benzene rings is 1. The van der Waals surface area contributed by atoms with E-state index in [1.54, 1.807) is 19.2 Å². The van der Waals surface area contributed by atoms with Gasteiger partial charge in [0.05, 0.1) is 11.0 Å². The molecule has 1 aromatic carbocycles. The Kier molecular flexibility index (Phi) is 5.09. The molecule has 0 aromatic heterocycles. The molecule has 0 radical (unpaired) electrons. The van der Waals surface area contributed by atoms with Gasteiger partial charge >= 0.3 is 0 Å². The van der Waals surface area contributed by atoms with Gasteiger partial charge in [-0.2, -0.15) is 5.26 Å². The molecule has 1 aromatic rings. The zero-order chi connectivity index (χ0) is 19.8. The second kappa shape index (κ2) is 7.18. The van der Waals surface area contributed by atoms with Crippen molar-refractivity contribution >= 4 is 17.3 Å². The third-order valence-electron chi connectivity index (χ3n) is 5.96. The zero-order valence-electron chi connectivity index (χ0n) is 16.1. The number of anilines is 1. The van der Waals surface area contributed by atoms with Crippen LogP contribution in [-0.4, -0.2) is 41.4 Å². The van der Waals surface area contributed by atoms with Crippen LogP contribution >= 0.6 is 0 Å². The number of carbonyl (C=O) groups is 1. The van der Waals surface area contributed by atoms with Crippen LogP contribution in [0.2, 0.25) is 0 Å². The van der Waals surface area contributed by atoms with Gasteiger partial charge in [-0.3, -0.25) is 14.9 Å². The molecule has 7 nitrogen and oxygen atoms in total. The van der Waals surface area contributed by atoms with Crippen molar-refractivity contribution in [1.82, 2.24) is 4.90 Å². The second-order valence-electron chi connectivity index (χ2n) is 8.17. The quantitative estimate of drug-likeness (QED) is 0.597. The van der Waals surface area contributed by atoms with E-state index >= 15 is 0 Å². The molecule has 1 aliphatic carbocycles. The van der Waals surface area contributed by atoms with Gasteiger partial charge in [-0.15, -0.1) is 0 Å². The Morgan fingerprint density at radius 2 is 1.96 bits per heavy atom. The van der Waals surface area contributed by atoms with E-state index in [4.69, 9.17) is 0 Å². The predicted octanol–water partition coefficient (Wildman–Crippen LogP) is 3.60. The predicted molar refractivity (Wildman–Crippen MR) is 103 cm³/mol. The van der Waals surface area contributed by atoms with Crippen LogP contribution in [0.1, 0.15) is 49.9 Å². The van der Waals surface area contributed by atoms with Gasteiger partial charge in [0.2, 0.25) is 0 Å². The summed E-state index contributed by atoms with van der Waals surface area (Å²) in [6.45, 7) is 5.86. The summed E-state index contributed by atoms with van der Waals surface area (Å²) < 4.78 is 0. The Bertz CT molecular complexity index is 787. The van der Waals surface area contributed by atoms with Crippen LogP contribution in [0.3, 0.4) is 0 Å². The molecule has 2 aliphatic rings. The molecule has 1 saturated heterocycles. The van der Waals surface area contributed by atoms with Gasteiger partial charge in [0.15, 0.2) is 0 Å². The van der Waals surface area contributed by atoms with E-state index in [0.29, 0.717) is 30.4 Å². The molecule has 3 rings (SSSR count). The molecule has 1 saturated carbocycles. The van der Waals surface area contributed by atoms with Gasteiger partial charge in [-0.05, 0) is 49.7 Å². The first-order chi connectivity index (χ1) is 12.8. The van der Waals surface area contributed by atoms with Gasteiger partial charge < -0.3 is 9.80 Å². The van der Waals surface area contributed by atoms with E-state index in [1.807, 2.05) is 0 Å². The van der Waals surface area contributed by atoms with E-state index in [9.17, 15) is 20.2 Å². The highest BCUT2D eigenvalue weighted by Crippen LogP contribution is 2.38. The summed E-state index contributed by atoms with van der Waals surface area (Å²) in [6.07, 6.45) is 3.32.